The van der Waals surface area contributed by atoms with Crippen LogP contribution in [0.3, 0.4) is 0 Å². The first-order chi connectivity index (χ1) is 9.15. The Labute approximate surface area is 108 Å². The van der Waals surface area contributed by atoms with Gasteiger partial charge in [-0.05, 0) is 25.1 Å². The van der Waals surface area contributed by atoms with E-state index in [0.717, 1.165) is 28.0 Å². The largest absolute Gasteiger partial charge is 0.388 e. The van der Waals surface area contributed by atoms with Crippen LogP contribution in [0.5, 0.6) is 0 Å². The van der Waals surface area contributed by atoms with Crippen molar-refractivity contribution in [3.05, 3.63) is 46.3 Å². The Kier molecular flexibility index (Phi) is 2.64. The number of imidazole rings is 1. The Morgan fingerprint density at radius 3 is 2.74 bits per heavy atom. The van der Waals surface area contributed by atoms with Gasteiger partial charge in [-0.15, -0.1) is 0 Å². The van der Waals surface area contributed by atoms with Crippen LogP contribution in [-0.2, 0) is 6.61 Å². The number of rotatable bonds is 2. The summed E-state index contributed by atoms with van der Waals surface area (Å²) in [6.07, 6.45) is 0. The smallest absolute Gasteiger partial charge is 0.323 e. The molecule has 0 saturated heterocycles. The highest BCUT2D eigenvalue weighted by molar-refractivity contribution is 5.80. The van der Waals surface area contributed by atoms with Gasteiger partial charge in [0.1, 0.15) is 6.61 Å². The van der Waals surface area contributed by atoms with Gasteiger partial charge in [0.15, 0.2) is 5.82 Å². The normalized spacial score (nSPS) is 11.1. The number of benzene rings is 1. The fraction of sp³-hybridized carbons (Fsp3) is 0.154. The predicted octanol–water partition coefficient (Wildman–Crippen LogP) is 1.11. The van der Waals surface area contributed by atoms with Crippen LogP contribution < -0.4 is 5.69 Å². The molecule has 0 radical (unpaired) electrons. The number of nitrogens with zero attached hydrogens (tertiary/aromatic N) is 2. The Morgan fingerprint density at radius 2 is 1.95 bits per heavy atom. The molecule has 0 aliphatic heterocycles. The Balaban J connectivity index is 2.17. The average molecular weight is 256 g/mol. The van der Waals surface area contributed by atoms with Gasteiger partial charge in [-0.3, -0.25) is 0 Å². The molecule has 0 fully saturated rings. The fourth-order valence-corrected chi connectivity index (χ4v) is 2.04. The molecule has 0 unspecified atom stereocenters. The molecule has 3 aromatic rings. The fourth-order valence-electron chi connectivity index (χ4n) is 2.04. The minimum Gasteiger partial charge on any atom is -0.388 e. The van der Waals surface area contributed by atoms with Gasteiger partial charge < -0.3 is 15.1 Å². The van der Waals surface area contributed by atoms with Gasteiger partial charge in [-0.1, -0.05) is 6.07 Å². The predicted molar refractivity (Wildman–Crippen MR) is 70.6 cm³/mol. The van der Waals surface area contributed by atoms with Gasteiger partial charge in [0.05, 0.1) is 16.7 Å². The number of hydrogen-bond donors (Lipinski definition) is 3. The van der Waals surface area contributed by atoms with Gasteiger partial charge in [-0.2, -0.15) is 0 Å². The zero-order valence-electron chi connectivity index (χ0n) is 10.3. The van der Waals surface area contributed by atoms with E-state index in [-0.39, 0.29) is 12.3 Å². The summed E-state index contributed by atoms with van der Waals surface area (Å²) in [5.74, 6) is 0.387. The maximum Gasteiger partial charge on any atom is 0.323 e. The molecule has 0 bridgehead atoms. The molecule has 0 atom stereocenters. The van der Waals surface area contributed by atoms with Crippen molar-refractivity contribution in [3.8, 4) is 11.3 Å². The minimum atomic E-state index is -0.234. The molecule has 96 valence electrons. The summed E-state index contributed by atoms with van der Waals surface area (Å²) >= 11 is 0. The van der Waals surface area contributed by atoms with E-state index in [0.29, 0.717) is 5.82 Å². The van der Waals surface area contributed by atoms with Crippen LogP contribution in [0.2, 0.25) is 0 Å². The molecule has 2 aromatic heterocycles. The van der Waals surface area contributed by atoms with Crippen molar-refractivity contribution in [2.45, 2.75) is 13.5 Å². The molecule has 0 saturated carbocycles. The SMILES string of the molecule is Cc1cc(-c2ccc3[nH]c(=O)[nH]c3c2)nc(CO)n1. The highest BCUT2D eigenvalue weighted by Gasteiger charge is 2.06. The van der Waals surface area contributed by atoms with Gasteiger partial charge in [0.2, 0.25) is 0 Å². The summed E-state index contributed by atoms with van der Waals surface area (Å²) in [6, 6.07) is 7.37. The van der Waals surface area contributed by atoms with Crippen LogP contribution in [-0.4, -0.2) is 25.0 Å². The average Bonchev–Trinajstić information content (AvgIpc) is 2.76. The molecule has 3 N–H and O–H groups in total. The van der Waals surface area contributed by atoms with Crippen molar-refractivity contribution in [2.24, 2.45) is 0 Å². The van der Waals surface area contributed by atoms with Crippen LogP contribution in [0.25, 0.3) is 22.3 Å². The van der Waals surface area contributed by atoms with Crippen LogP contribution in [0.4, 0.5) is 0 Å². The molecular weight excluding hydrogens is 244 g/mol. The lowest BCUT2D eigenvalue weighted by atomic mass is 10.1. The third-order valence-corrected chi connectivity index (χ3v) is 2.85. The summed E-state index contributed by atoms with van der Waals surface area (Å²) in [5, 5.41) is 9.13. The Bertz CT molecular complexity index is 804. The van der Waals surface area contributed by atoms with E-state index in [1.165, 1.54) is 0 Å². The van der Waals surface area contributed by atoms with Gasteiger partial charge >= 0.3 is 5.69 Å². The second-order valence-electron chi connectivity index (χ2n) is 4.31. The van der Waals surface area contributed by atoms with Gasteiger partial charge in [-0.25, -0.2) is 14.8 Å². The van der Waals surface area contributed by atoms with E-state index >= 15 is 0 Å². The molecule has 0 spiro atoms. The molecule has 0 aliphatic carbocycles. The molecule has 6 heteroatoms. The van der Waals surface area contributed by atoms with E-state index in [9.17, 15) is 4.79 Å². The Morgan fingerprint density at radius 1 is 1.16 bits per heavy atom. The number of fused-ring (bicyclic) bond motifs is 1. The molecular formula is C13H12N4O2. The first-order valence-electron chi connectivity index (χ1n) is 5.83. The van der Waals surface area contributed by atoms with E-state index in [1.807, 2.05) is 31.2 Å². The third kappa shape index (κ3) is 2.13. The van der Waals surface area contributed by atoms with E-state index in [2.05, 4.69) is 19.9 Å². The summed E-state index contributed by atoms with van der Waals surface area (Å²) in [5.41, 5.74) is 3.62. The number of hydrogen-bond acceptors (Lipinski definition) is 4. The number of aliphatic hydroxyl groups excluding tert-OH is 1. The second-order valence-corrected chi connectivity index (χ2v) is 4.31. The van der Waals surface area contributed by atoms with Crippen LogP contribution in [0.1, 0.15) is 11.5 Å². The van der Waals surface area contributed by atoms with Crippen LogP contribution in [0.15, 0.2) is 29.1 Å². The summed E-state index contributed by atoms with van der Waals surface area (Å²) in [4.78, 5) is 25.0. The highest BCUT2D eigenvalue weighted by Crippen LogP contribution is 2.21. The van der Waals surface area contributed by atoms with Crippen molar-refractivity contribution in [1.29, 1.82) is 0 Å². The molecule has 19 heavy (non-hydrogen) atoms. The molecule has 6 nitrogen and oxygen atoms in total. The lowest BCUT2D eigenvalue weighted by molar-refractivity contribution is 0.271. The van der Waals surface area contributed by atoms with Gasteiger partial charge in [0.25, 0.3) is 0 Å². The van der Waals surface area contributed by atoms with Crippen molar-refractivity contribution in [1.82, 2.24) is 19.9 Å². The number of aryl methyl sites for hydroxylation is 1. The number of aromatic amines is 2. The number of nitrogens with one attached hydrogen (secondary N) is 2. The standard InChI is InChI=1S/C13H12N4O2/c1-7-4-10(15-12(6-18)14-7)8-2-3-9-11(5-8)17-13(19)16-9/h2-5,18H,6H2,1H3,(H2,16,17,19). The topological polar surface area (TPSA) is 94.7 Å². The van der Waals surface area contributed by atoms with Crippen LogP contribution in [0, 0.1) is 6.92 Å². The lowest BCUT2D eigenvalue weighted by Gasteiger charge is -2.04. The minimum absolute atomic E-state index is 0.197. The van der Waals surface area contributed by atoms with Crippen molar-refractivity contribution >= 4 is 11.0 Å². The summed E-state index contributed by atoms with van der Waals surface area (Å²) in [6.45, 7) is 1.65. The van der Waals surface area contributed by atoms with E-state index in [1.54, 1.807) is 0 Å². The monoisotopic (exact) mass is 256 g/mol. The maximum atomic E-state index is 11.2. The Hall–Kier alpha value is -2.47. The lowest BCUT2D eigenvalue weighted by Crippen LogP contribution is -1.99. The summed E-state index contributed by atoms with van der Waals surface area (Å²) in [7, 11) is 0. The molecule has 0 aliphatic rings. The number of aromatic nitrogens is 4. The second kappa shape index (κ2) is 4.33. The number of aliphatic hydroxyl groups is 1. The zero-order valence-corrected chi connectivity index (χ0v) is 10.3. The van der Waals surface area contributed by atoms with Crippen molar-refractivity contribution in [3.63, 3.8) is 0 Å². The first kappa shape index (κ1) is 11.6. The maximum absolute atomic E-state index is 11.2. The van der Waals surface area contributed by atoms with Crippen molar-refractivity contribution < 1.29 is 5.11 Å². The third-order valence-electron chi connectivity index (χ3n) is 2.85. The van der Waals surface area contributed by atoms with E-state index in [4.69, 9.17) is 5.11 Å². The highest BCUT2D eigenvalue weighted by atomic mass is 16.3. The van der Waals surface area contributed by atoms with Crippen LogP contribution >= 0.6 is 0 Å². The summed E-state index contributed by atoms with van der Waals surface area (Å²) < 4.78 is 0. The molecule has 1 aromatic carbocycles. The van der Waals surface area contributed by atoms with Gasteiger partial charge in [0, 0.05) is 11.3 Å². The number of H-pyrrole nitrogens is 2. The quantitative estimate of drug-likeness (QED) is 0.640. The van der Waals surface area contributed by atoms with Crippen molar-refractivity contribution in [2.75, 3.05) is 0 Å². The zero-order chi connectivity index (χ0) is 13.4. The first-order valence-corrected chi connectivity index (χ1v) is 5.83. The molecule has 0 amide bonds. The van der Waals surface area contributed by atoms with E-state index < -0.39 is 0 Å². The molecule has 3 rings (SSSR count). The molecule has 2 heterocycles.